The van der Waals surface area contributed by atoms with E-state index in [2.05, 4.69) is 5.32 Å². The monoisotopic (exact) mass is 264 g/mol. The second-order valence-corrected chi connectivity index (χ2v) is 4.40. The SMILES string of the molecule is O=C(C=C1SC(=O)NC1=O)Nc1ccc(O)cc1. The van der Waals surface area contributed by atoms with Gasteiger partial charge in [-0.05, 0) is 36.0 Å². The summed E-state index contributed by atoms with van der Waals surface area (Å²) >= 11 is 0.676. The van der Waals surface area contributed by atoms with E-state index in [9.17, 15) is 14.4 Å². The molecule has 1 aliphatic heterocycles. The minimum atomic E-state index is -0.578. The molecule has 1 fully saturated rings. The van der Waals surface area contributed by atoms with Crippen LogP contribution in [0.15, 0.2) is 35.2 Å². The topological polar surface area (TPSA) is 95.5 Å². The van der Waals surface area contributed by atoms with Crippen molar-refractivity contribution in [1.29, 1.82) is 0 Å². The van der Waals surface area contributed by atoms with E-state index in [1.807, 2.05) is 5.32 Å². The predicted molar refractivity (Wildman–Crippen MR) is 65.9 cm³/mol. The van der Waals surface area contributed by atoms with Crippen LogP contribution in [-0.4, -0.2) is 22.2 Å². The summed E-state index contributed by atoms with van der Waals surface area (Å²) in [6, 6.07) is 5.87. The summed E-state index contributed by atoms with van der Waals surface area (Å²) in [5.74, 6) is -1.01. The zero-order valence-electron chi connectivity index (χ0n) is 8.97. The fourth-order valence-corrected chi connectivity index (χ4v) is 1.92. The van der Waals surface area contributed by atoms with Gasteiger partial charge in [0, 0.05) is 11.8 Å². The van der Waals surface area contributed by atoms with E-state index in [1.54, 1.807) is 0 Å². The summed E-state index contributed by atoms with van der Waals surface area (Å²) in [5, 5.41) is 13.1. The minimum Gasteiger partial charge on any atom is -0.508 e. The maximum Gasteiger partial charge on any atom is 0.290 e. The average molecular weight is 264 g/mol. The van der Waals surface area contributed by atoms with Gasteiger partial charge in [0.2, 0.25) is 5.91 Å². The van der Waals surface area contributed by atoms with Crippen LogP contribution in [0.1, 0.15) is 0 Å². The zero-order chi connectivity index (χ0) is 13.1. The lowest BCUT2D eigenvalue weighted by Gasteiger charge is -2.01. The lowest BCUT2D eigenvalue weighted by atomic mass is 10.3. The van der Waals surface area contributed by atoms with E-state index < -0.39 is 17.1 Å². The van der Waals surface area contributed by atoms with Gasteiger partial charge in [0.1, 0.15) is 5.75 Å². The molecule has 2 rings (SSSR count). The molecule has 1 aliphatic rings. The fourth-order valence-electron chi connectivity index (χ4n) is 1.26. The maximum absolute atomic E-state index is 11.6. The molecular formula is C11H8N2O4S. The van der Waals surface area contributed by atoms with Crippen LogP contribution in [0.3, 0.4) is 0 Å². The standard InChI is InChI=1S/C11H8N2O4S/c14-7-3-1-6(2-4-7)12-9(15)5-8-10(16)13-11(17)18-8/h1-5,14H,(H,12,15)(H,13,16,17). The Bertz CT molecular complexity index is 551. The van der Waals surface area contributed by atoms with Crippen LogP contribution in [0.4, 0.5) is 10.5 Å². The first-order chi connectivity index (χ1) is 8.54. The molecule has 0 unspecified atom stereocenters. The number of hydrogen-bond acceptors (Lipinski definition) is 5. The van der Waals surface area contributed by atoms with Crippen molar-refractivity contribution < 1.29 is 19.5 Å². The number of benzene rings is 1. The van der Waals surface area contributed by atoms with Crippen LogP contribution < -0.4 is 10.6 Å². The molecule has 6 nitrogen and oxygen atoms in total. The Balaban J connectivity index is 2.05. The molecule has 92 valence electrons. The van der Waals surface area contributed by atoms with Crippen LogP contribution in [0.25, 0.3) is 0 Å². The number of phenolic OH excluding ortho intramolecular Hbond substituents is 1. The number of rotatable bonds is 2. The Hall–Kier alpha value is -2.28. The Labute approximate surface area is 106 Å². The van der Waals surface area contributed by atoms with Crippen LogP contribution >= 0.6 is 11.8 Å². The minimum absolute atomic E-state index is 0.0521. The van der Waals surface area contributed by atoms with Crippen LogP contribution in [0.5, 0.6) is 5.75 Å². The van der Waals surface area contributed by atoms with E-state index >= 15 is 0 Å². The predicted octanol–water partition coefficient (Wildman–Crippen LogP) is 1.20. The van der Waals surface area contributed by atoms with Crippen LogP contribution in [0.2, 0.25) is 0 Å². The summed E-state index contributed by atoms with van der Waals surface area (Å²) in [7, 11) is 0. The summed E-state index contributed by atoms with van der Waals surface area (Å²) in [6.45, 7) is 0. The normalized spacial score (nSPS) is 16.8. The molecule has 1 aromatic rings. The average Bonchev–Trinajstić information content (AvgIpc) is 2.61. The molecule has 0 saturated carbocycles. The van der Waals surface area contributed by atoms with Gasteiger partial charge in [0.15, 0.2) is 0 Å². The van der Waals surface area contributed by atoms with Crippen molar-refractivity contribution in [3.05, 3.63) is 35.2 Å². The highest BCUT2D eigenvalue weighted by molar-refractivity contribution is 8.18. The van der Waals surface area contributed by atoms with Gasteiger partial charge in [-0.2, -0.15) is 0 Å². The lowest BCUT2D eigenvalue weighted by molar-refractivity contribution is -0.116. The molecule has 1 saturated heterocycles. The van der Waals surface area contributed by atoms with E-state index in [0.29, 0.717) is 17.4 Å². The quantitative estimate of drug-likeness (QED) is 0.551. The first kappa shape index (κ1) is 12.2. The van der Waals surface area contributed by atoms with Crippen LogP contribution in [-0.2, 0) is 9.59 Å². The third-order valence-corrected chi connectivity index (χ3v) is 2.85. The molecule has 7 heteroatoms. The summed E-state index contributed by atoms with van der Waals surface area (Å²) in [4.78, 5) is 33.7. The highest BCUT2D eigenvalue weighted by atomic mass is 32.2. The van der Waals surface area contributed by atoms with E-state index in [-0.39, 0.29) is 10.7 Å². The number of anilines is 1. The molecule has 3 N–H and O–H groups in total. The molecule has 0 atom stereocenters. The highest BCUT2D eigenvalue weighted by Gasteiger charge is 2.25. The second-order valence-electron chi connectivity index (χ2n) is 3.39. The largest absolute Gasteiger partial charge is 0.508 e. The third-order valence-electron chi connectivity index (χ3n) is 2.04. The highest BCUT2D eigenvalue weighted by Crippen LogP contribution is 2.23. The number of aromatic hydroxyl groups is 1. The van der Waals surface area contributed by atoms with Crippen molar-refractivity contribution in [2.75, 3.05) is 5.32 Å². The van der Waals surface area contributed by atoms with Crippen molar-refractivity contribution in [3.8, 4) is 5.75 Å². The molecule has 18 heavy (non-hydrogen) atoms. The van der Waals surface area contributed by atoms with Gasteiger partial charge in [-0.1, -0.05) is 0 Å². The van der Waals surface area contributed by atoms with Gasteiger partial charge >= 0.3 is 0 Å². The number of nitrogens with one attached hydrogen (secondary N) is 2. The summed E-state index contributed by atoms with van der Waals surface area (Å²) in [6.07, 6.45) is 1.05. The maximum atomic E-state index is 11.6. The van der Waals surface area contributed by atoms with E-state index in [1.165, 1.54) is 24.3 Å². The molecule has 0 aliphatic carbocycles. The van der Waals surface area contributed by atoms with Crippen molar-refractivity contribution in [2.24, 2.45) is 0 Å². The Morgan fingerprint density at radius 2 is 1.94 bits per heavy atom. The second kappa shape index (κ2) is 4.92. The fraction of sp³-hybridized carbons (Fsp3) is 0. The molecule has 0 radical (unpaired) electrons. The number of phenols is 1. The number of amides is 3. The van der Waals surface area contributed by atoms with Crippen molar-refractivity contribution in [2.45, 2.75) is 0 Å². The first-order valence-corrected chi connectivity index (χ1v) is 5.71. The molecule has 1 heterocycles. The van der Waals surface area contributed by atoms with Crippen molar-refractivity contribution in [1.82, 2.24) is 5.32 Å². The van der Waals surface area contributed by atoms with Gasteiger partial charge in [-0.3, -0.25) is 19.7 Å². The van der Waals surface area contributed by atoms with Crippen molar-refractivity contribution >= 4 is 34.5 Å². The molecule has 0 bridgehead atoms. The number of thioether (sulfide) groups is 1. The van der Waals surface area contributed by atoms with Crippen LogP contribution in [0, 0.1) is 0 Å². The van der Waals surface area contributed by atoms with E-state index in [0.717, 1.165) is 6.08 Å². The molecule has 0 aromatic heterocycles. The molecule has 0 spiro atoms. The zero-order valence-corrected chi connectivity index (χ0v) is 9.78. The third kappa shape index (κ3) is 2.89. The summed E-state index contributed by atoms with van der Waals surface area (Å²) in [5.41, 5.74) is 0.476. The smallest absolute Gasteiger partial charge is 0.290 e. The first-order valence-electron chi connectivity index (χ1n) is 4.89. The number of carbonyl (C=O) groups is 3. The number of hydrogen-bond donors (Lipinski definition) is 3. The molecular weight excluding hydrogens is 256 g/mol. The Morgan fingerprint density at radius 3 is 2.50 bits per heavy atom. The number of imide groups is 1. The van der Waals surface area contributed by atoms with Gasteiger partial charge in [-0.25, -0.2) is 0 Å². The van der Waals surface area contributed by atoms with Crippen molar-refractivity contribution in [3.63, 3.8) is 0 Å². The van der Waals surface area contributed by atoms with Gasteiger partial charge in [0.05, 0.1) is 4.91 Å². The van der Waals surface area contributed by atoms with Gasteiger partial charge < -0.3 is 10.4 Å². The lowest BCUT2D eigenvalue weighted by Crippen LogP contribution is -2.18. The van der Waals surface area contributed by atoms with Gasteiger partial charge in [-0.15, -0.1) is 0 Å². The Morgan fingerprint density at radius 1 is 1.28 bits per heavy atom. The van der Waals surface area contributed by atoms with Gasteiger partial charge in [0.25, 0.3) is 11.1 Å². The van der Waals surface area contributed by atoms with E-state index in [4.69, 9.17) is 5.11 Å². The Kier molecular flexibility index (Phi) is 3.33. The summed E-state index contributed by atoms with van der Waals surface area (Å²) < 4.78 is 0. The molecule has 3 amide bonds. The number of carbonyl (C=O) groups excluding carboxylic acids is 3. The molecule has 1 aromatic carbocycles.